The van der Waals surface area contributed by atoms with Crippen LogP contribution in [0.1, 0.15) is 13.8 Å². The third-order valence-corrected chi connectivity index (χ3v) is 4.04. The van der Waals surface area contributed by atoms with E-state index in [0.717, 1.165) is 12.2 Å². The monoisotopic (exact) mass is 301 g/mol. The molecule has 0 amide bonds. The van der Waals surface area contributed by atoms with E-state index in [9.17, 15) is 8.42 Å². The fourth-order valence-electron chi connectivity index (χ4n) is 1.31. The van der Waals surface area contributed by atoms with Crippen molar-refractivity contribution < 1.29 is 8.42 Å². The standard InChI is InChI=1S/C12H19N3O2S2/c1-9(2)8-14-12(18)15-10-4-6-11(7-5-10)19(16,17)13-3/h4-7,9,13H,8H2,1-3H3,(H2,14,15,18). The lowest BCUT2D eigenvalue weighted by molar-refractivity contribution is 0.588. The molecule has 19 heavy (non-hydrogen) atoms. The van der Waals surface area contributed by atoms with Gasteiger partial charge in [-0.05, 0) is 49.4 Å². The van der Waals surface area contributed by atoms with Gasteiger partial charge in [0.1, 0.15) is 0 Å². The summed E-state index contributed by atoms with van der Waals surface area (Å²) in [5.74, 6) is 0.503. The molecule has 0 heterocycles. The van der Waals surface area contributed by atoms with Gasteiger partial charge in [0.05, 0.1) is 4.90 Å². The average molecular weight is 301 g/mol. The van der Waals surface area contributed by atoms with Gasteiger partial charge in [0, 0.05) is 12.2 Å². The van der Waals surface area contributed by atoms with Crippen LogP contribution in [0.3, 0.4) is 0 Å². The van der Waals surface area contributed by atoms with Gasteiger partial charge in [-0.3, -0.25) is 0 Å². The Balaban J connectivity index is 2.65. The zero-order valence-electron chi connectivity index (χ0n) is 11.2. The topological polar surface area (TPSA) is 70.2 Å². The first-order valence-corrected chi connectivity index (χ1v) is 7.82. The average Bonchev–Trinajstić information content (AvgIpc) is 2.37. The van der Waals surface area contributed by atoms with E-state index >= 15 is 0 Å². The van der Waals surface area contributed by atoms with Gasteiger partial charge in [-0.1, -0.05) is 13.8 Å². The molecule has 0 spiro atoms. The molecule has 1 rings (SSSR count). The van der Waals surface area contributed by atoms with Crippen molar-refractivity contribution in [2.75, 3.05) is 18.9 Å². The minimum absolute atomic E-state index is 0.224. The van der Waals surface area contributed by atoms with Crippen LogP contribution in [0.2, 0.25) is 0 Å². The van der Waals surface area contributed by atoms with Crippen LogP contribution in [-0.2, 0) is 10.0 Å². The quantitative estimate of drug-likeness (QED) is 0.720. The molecule has 0 saturated heterocycles. The van der Waals surface area contributed by atoms with Crippen LogP contribution < -0.4 is 15.4 Å². The van der Waals surface area contributed by atoms with E-state index in [1.165, 1.54) is 19.2 Å². The van der Waals surface area contributed by atoms with Crippen molar-refractivity contribution in [2.45, 2.75) is 18.7 Å². The molecule has 1 aromatic carbocycles. The van der Waals surface area contributed by atoms with Gasteiger partial charge in [-0.15, -0.1) is 0 Å². The predicted molar refractivity (Wildman–Crippen MR) is 81.7 cm³/mol. The maximum Gasteiger partial charge on any atom is 0.240 e. The summed E-state index contributed by atoms with van der Waals surface area (Å²) < 4.78 is 25.3. The zero-order chi connectivity index (χ0) is 14.5. The molecule has 3 N–H and O–H groups in total. The van der Waals surface area contributed by atoms with Crippen LogP contribution in [0, 0.1) is 5.92 Å². The van der Waals surface area contributed by atoms with E-state index in [4.69, 9.17) is 12.2 Å². The molecule has 0 atom stereocenters. The second-order valence-corrected chi connectivity index (χ2v) is 6.76. The molecule has 0 fully saturated rings. The number of anilines is 1. The Labute approximate surface area is 119 Å². The normalized spacial score (nSPS) is 11.4. The van der Waals surface area contributed by atoms with Gasteiger partial charge < -0.3 is 10.6 Å². The van der Waals surface area contributed by atoms with Gasteiger partial charge in [0.25, 0.3) is 0 Å². The molecule has 0 aromatic heterocycles. The van der Waals surface area contributed by atoms with Gasteiger partial charge >= 0.3 is 0 Å². The van der Waals surface area contributed by atoms with Crippen molar-refractivity contribution in [3.63, 3.8) is 0 Å². The summed E-state index contributed by atoms with van der Waals surface area (Å²) in [5.41, 5.74) is 0.747. The Kier molecular flexibility index (Phi) is 5.71. The lowest BCUT2D eigenvalue weighted by atomic mass is 10.2. The van der Waals surface area contributed by atoms with Crippen molar-refractivity contribution in [3.8, 4) is 0 Å². The van der Waals surface area contributed by atoms with E-state index < -0.39 is 10.0 Å². The van der Waals surface area contributed by atoms with Gasteiger partial charge in [0.15, 0.2) is 5.11 Å². The summed E-state index contributed by atoms with van der Waals surface area (Å²) in [6, 6.07) is 6.40. The van der Waals surface area contributed by atoms with Gasteiger partial charge in [0.2, 0.25) is 10.0 Å². The fourth-order valence-corrected chi connectivity index (χ4v) is 2.24. The minimum Gasteiger partial charge on any atom is -0.362 e. The van der Waals surface area contributed by atoms with Gasteiger partial charge in [-0.2, -0.15) is 0 Å². The van der Waals surface area contributed by atoms with Crippen LogP contribution in [0.4, 0.5) is 5.69 Å². The summed E-state index contributed by atoms with van der Waals surface area (Å²) in [4.78, 5) is 0.224. The Morgan fingerprint density at radius 2 is 1.84 bits per heavy atom. The third-order valence-electron chi connectivity index (χ3n) is 2.36. The molecule has 106 valence electrons. The molecule has 1 aromatic rings. The number of hydrogen-bond donors (Lipinski definition) is 3. The first-order valence-electron chi connectivity index (χ1n) is 5.93. The van der Waals surface area contributed by atoms with E-state index in [1.54, 1.807) is 12.1 Å². The number of sulfonamides is 1. The van der Waals surface area contributed by atoms with E-state index in [1.807, 2.05) is 0 Å². The molecule has 0 unspecified atom stereocenters. The lowest BCUT2D eigenvalue weighted by Gasteiger charge is -2.12. The third kappa shape index (κ3) is 5.14. The smallest absolute Gasteiger partial charge is 0.240 e. The Hall–Kier alpha value is -1.18. The zero-order valence-corrected chi connectivity index (χ0v) is 12.9. The summed E-state index contributed by atoms with van der Waals surface area (Å²) >= 11 is 5.13. The van der Waals surface area contributed by atoms with Crippen LogP contribution >= 0.6 is 12.2 Å². The van der Waals surface area contributed by atoms with Crippen LogP contribution in [0.5, 0.6) is 0 Å². The molecule has 7 heteroatoms. The molecule has 0 bridgehead atoms. The van der Waals surface area contributed by atoms with Crippen LogP contribution in [0.25, 0.3) is 0 Å². The van der Waals surface area contributed by atoms with Gasteiger partial charge in [-0.25, -0.2) is 13.1 Å². The summed E-state index contributed by atoms with van der Waals surface area (Å²) in [6.07, 6.45) is 0. The SMILES string of the molecule is CNS(=O)(=O)c1ccc(NC(=S)NCC(C)C)cc1. The minimum atomic E-state index is -3.39. The molecular formula is C12H19N3O2S2. The number of hydrogen-bond acceptors (Lipinski definition) is 3. The predicted octanol–water partition coefficient (Wildman–Crippen LogP) is 1.54. The largest absolute Gasteiger partial charge is 0.362 e. The lowest BCUT2D eigenvalue weighted by Crippen LogP contribution is -2.31. The highest BCUT2D eigenvalue weighted by molar-refractivity contribution is 7.89. The number of benzene rings is 1. The Morgan fingerprint density at radius 3 is 2.32 bits per heavy atom. The number of nitrogens with one attached hydrogen (secondary N) is 3. The first-order chi connectivity index (χ1) is 8.85. The molecule has 0 aliphatic rings. The molecule has 0 aliphatic heterocycles. The maximum atomic E-state index is 11.5. The van der Waals surface area contributed by atoms with E-state index in [2.05, 4.69) is 29.2 Å². The van der Waals surface area contributed by atoms with E-state index in [0.29, 0.717) is 11.0 Å². The molecular weight excluding hydrogens is 282 g/mol. The Morgan fingerprint density at radius 1 is 1.26 bits per heavy atom. The summed E-state index contributed by atoms with van der Waals surface area (Å²) in [5, 5.41) is 6.60. The first kappa shape index (κ1) is 15.9. The summed E-state index contributed by atoms with van der Waals surface area (Å²) in [6.45, 7) is 4.97. The maximum absolute atomic E-state index is 11.5. The van der Waals surface area contributed by atoms with Crippen molar-refractivity contribution in [1.29, 1.82) is 0 Å². The summed E-state index contributed by atoms with van der Waals surface area (Å²) in [7, 11) is -2.01. The van der Waals surface area contributed by atoms with Crippen molar-refractivity contribution in [1.82, 2.24) is 10.0 Å². The second-order valence-electron chi connectivity index (χ2n) is 4.46. The van der Waals surface area contributed by atoms with Crippen LogP contribution in [-0.4, -0.2) is 27.1 Å². The van der Waals surface area contributed by atoms with Crippen molar-refractivity contribution in [2.24, 2.45) is 5.92 Å². The van der Waals surface area contributed by atoms with Crippen molar-refractivity contribution in [3.05, 3.63) is 24.3 Å². The number of rotatable bonds is 5. The highest BCUT2D eigenvalue weighted by atomic mass is 32.2. The van der Waals surface area contributed by atoms with E-state index in [-0.39, 0.29) is 4.90 Å². The Bertz CT molecular complexity index is 524. The fraction of sp³-hybridized carbons (Fsp3) is 0.417. The molecule has 0 aliphatic carbocycles. The highest BCUT2D eigenvalue weighted by Crippen LogP contribution is 2.13. The van der Waals surface area contributed by atoms with Crippen LogP contribution in [0.15, 0.2) is 29.2 Å². The molecule has 0 radical (unpaired) electrons. The van der Waals surface area contributed by atoms with Crippen molar-refractivity contribution >= 4 is 33.0 Å². The highest BCUT2D eigenvalue weighted by Gasteiger charge is 2.10. The molecule has 0 saturated carbocycles. The number of thiocarbonyl (C=S) groups is 1. The second kappa shape index (κ2) is 6.83. The molecule has 5 nitrogen and oxygen atoms in total.